The van der Waals surface area contributed by atoms with E-state index in [1.807, 2.05) is 6.07 Å². The Balaban J connectivity index is 2.25. The summed E-state index contributed by atoms with van der Waals surface area (Å²) in [5.41, 5.74) is 1.03. The molecule has 18 heavy (non-hydrogen) atoms. The monoisotopic (exact) mass is 251 g/mol. The Hall–Kier alpha value is -2.04. The number of carbonyl (C=O) groups is 2. The minimum absolute atomic E-state index is 0.203. The van der Waals surface area contributed by atoms with Gasteiger partial charge in [0.15, 0.2) is 0 Å². The average Bonchev–Trinajstić information content (AvgIpc) is 2.33. The van der Waals surface area contributed by atoms with Crippen molar-refractivity contribution in [3.63, 3.8) is 0 Å². The number of unbranched alkanes of at least 4 members (excludes halogenated alkanes) is 2. The highest BCUT2D eigenvalue weighted by Gasteiger charge is 2.02. The van der Waals surface area contributed by atoms with Crippen LogP contribution >= 0.6 is 0 Å². The fourth-order valence-electron chi connectivity index (χ4n) is 1.57. The molecule has 0 spiro atoms. The number of carboxylic acids is 2. The summed E-state index contributed by atoms with van der Waals surface area (Å²) in [6, 6.07) is 6.62. The summed E-state index contributed by atoms with van der Waals surface area (Å²) in [6.45, 7) is 0.711. The van der Waals surface area contributed by atoms with Crippen LogP contribution in [0.1, 0.15) is 36.0 Å². The molecule has 0 saturated carbocycles. The van der Waals surface area contributed by atoms with Crippen LogP contribution in [0.2, 0.25) is 0 Å². The standard InChI is InChI=1S/C13H17NO4/c15-12(16)7-2-1-3-8-14-11-6-4-5-10(9-11)13(17)18/h4-6,9,14H,1-3,7-8H2,(H,15,16)(H,17,18). The summed E-state index contributed by atoms with van der Waals surface area (Å²) in [5.74, 6) is -1.71. The topological polar surface area (TPSA) is 86.6 Å². The fourth-order valence-corrected chi connectivity index (χ4v) is 1.57. The highest BCUT2D eigenvalue weighted by molar-refractivity contribution is 5.88. The van der Waals surface area contributed by atoms with Gasteiger partial charge in [-0.25, -0.2) is 4.79 Å². The van der Waals surface area contributed by atoms with E-state index < -0.39 is 11.9 Å². The molecule has 1 rings (SSSR count). The summed E-state index contributed by atoms with van der Waals surface area (Å²) in [6.07, 6.45) is 2.59. The highest BCUT2D eigenvalue weighted by Crippen LogP contribution is 2.11. The third-order valence-electron chi connectivity index (χ3n) is 2.51. The van der Waals surface area contributed by atoms with E-state index >= 15 is 0 Å². The predicted molar refractivity (Wildman–Crippen MR) is 68.0 cm³/mol. The van der Waals surface area contributed by atoms with E-state index in [0.717, 1.165) is 18.5 Å². The van der Waals surface area contributed by atoms with Crippen molar-refractivity contribution in [1.29, 1.82) is 0 Å². The molecule has 1 aromatic rings. The smallest absolute Gasteiger partial charge is 0.335 e. The Bertz CT molecular complexity index is 417. The third kappa shape index (κ3) is 5.34. The Morgan fingerprint density at radius 3 is 2.56 bits per heavy atom. The van der Waals surface area contributed by atoms with Gasteiger partial charge in [0.1, 0.15) is 0 Å². The molecule has 5 nitrogen and oxygen atoms in total. The lowest BCUT2D eigenvalue weighted by Crippen LogP contribution is -2.04. The van der Waals surface area contributed by atoms with Gasteiger partial charge in [-0.3, -0.25) is 4.79 Å². The Morgan fingerprint density at radius 2 is 1.89 bits per heavy atom. The average molecular weight is 251 g/mol. The molecule has 1 aromatic carbocycles. The number of hydrogen-bond acceptors (Lipinski definition) is 3. The van der Waals surface area contributed by atoms with Crippen molar-refractivity contribution in [1.82, 2.24) is 0 Å². The molecule has 0 saturated heterocycles. The lowest BCUT2D eigenvalue weighted by Gasteiger charge is -2.06. The van der Waals surface area contributed by atoms with Crippen LogP contribution in [0.15, 0.2) is 24.3 Å². The van der Waals surface area contributed by atoms with Crippen LogP contribution in [0.25, 0.3) is 0 Å². The second-order valence-electron chi connectivity index (χ2n) is 4.02. The molecular formula is C13H17NO4. The van der Waals surface area contributed by atoms with E-state index in [0.29, 0.717) is 13.0 Å². The Labute approximate surface area is 105 Å². The summed E-state index contributed by atoms with van der Waals surface area (Å²) in [7, 11) is 0. The van der Waals surface area contributed by atoms with Crippen LogP contribution in [0.3, 0.4) is 0 Å². The molecule has 0 bridgehead atoms. The van der Waals surface area contributed by atoms with Crippen molar-refractivity contribution in [2.75, 3.05) is 11.9 Å². The largest absolute Gasteiger partial charge is 0.481 e. The number of aliphatic carboxylic acids is 1. The fraction of sp³-hybridized carbons (Fsp3) is 0.385. The van der Waals surface area contributed by atoms with Gasteiger partial charge in [0.25, 0.3) is 0 Å². The molecule has 0 heterocycles. The first kappa shape index (κ1) is 14.0. The molecule has 3 N–H and O–H groups in total. The zero-order valence-corrected chi connectivity index (χ0v) is 10.1. The molecule has 0 unspecified atom stereocenters. The maximum absolute atomic E-state index is 10.7. The molecule has 0 radical (unpaired) electrons. The Kier molecular flexibility index (Phi) is 5.70. The van der Waals surface area contributed by atoms with Crippen molar-refractivity contribution in [2.45, 2.75) is 25.7 Å². The summed E-state index contributed by atoms with van der Waals surface area (Å²) >= 11 is 0. The SMILES string of the molecule is O=C(O)CCCCCNc1cccc(C(=O)O)c1. The zero-order valence-electron chi connectivity index (χ0n) is 10.1. The quantitative estimate of drug-likeness (QED) is 0.618. The first-order valence-electron chi connectivity index (χ1n) is 5.88. The van der Waals surface area contributed by atoms with Crippen LogP contribution in [0, 0.1) is 0 Å². The number of benzene rings is 1. The normalized spacial score (nSPS) is 10.0. The van der Waals surface area contributed by atoms with Gasteiger partial charge in [0.05, 0.1) is 5.56 Å². The van der Waals surface area contributed by atoms with E-state index in [4.69, 9.17) is 10.2 Å². The maximum Gasteiger partial charge on any atom is 0.335 e. The first-order chi connectivity index (χ1) is 8.59. The van der Waals surface area contributed by atoms with Crippen LogP contribution in [0.4, 0.5) is 5.69 Å². The van der Waals surface area contributed by atoms with Crippen molar-refractivity contribution in [3.8, 4) is 0 Å². The second kappa shape index (κ2) is 7.32. The highest BCUT2D eigenvalue weighted by atomic mass is 16.4. The van der Waals surface area contributed by atoms with Crippen molar-refractivity contribution in [2.24, 2.45) is 0 Å². The van der Waals surface area contributed by atoms with Crippen molar-refractivity contribution >= 4 is 17.6 Å². The lowest BCUT2D eigenvalue weighted by atomic mass is 10.2. The minimum atomic E-state index is -0.944. The molecule has 0 aliphatic rings. The van der Waals surface area contributed by atoms with Crippen LogP contribution in [-0.2, 0) is 4.79 Å². The molecule has 5 heteroatoms. The summed E-state index contributed by atoms with van der Waals surface area (Å²) in [5, 5.41) is 20.4. The van der Waals surface area contributed by atoms with Gasteiger partial charge in [0.2, 0.25) is 0 Å². The number of hydrogen-bond donors (Lipinski definition) is 3. The van der Waals surface area contributed by atoms with Crippen LogP contribution < -0.4 is 5.32 Å². The number of carboxylic acid groups (broad SMARTS) is 2. The van der Waals surface area contributed by atoms with E-state index in [1.165, 1.54) is 0 Å². The molecular weight excluding hydrogens is 234 g/mol. The Morgan fingerprint density at radius 1 is 1.11 bits per heavy atom. The summed E-state index contributed by atoms with van der Waals surface area (Å²) in [4.78, 5) is 21.0. The molecule has 98 valence electrons. The molecule has 0 aliphatic carbocycles. The van der Waals surface area contributed by atoms with Crippen molar-refractivity contribution in [3.05, 3.63) is 29.8 Å². The zero-order chi connectivity index (χ0) is 13.4. The van der Waals surface area contributed by atoms with Gasteiger partial charge in [-0.1, -0.05) is 12.5 Å². The third-order valence-corrected chi connectivity index (χ3v) is 2.51. The van der Waals surface area contributed by atoms with E-state index in [-0.39, 0.29) is 12.0 Å². The molecule has 0 atom stereocenters. The van der Waals surface area contributed by atoms with E-state index in [1.54, 1.807) is 18.2 Å². The summed E-state index contributed by atoms with van der Waals surface area (Å²) < 4.78 is 0. The van der Waals surface area contributed by atoms with Gasteiger partial charge in [0, 0.05) is 18.7 Å². The minimum Gasteiger partial charge on any atom is -0.481 e. The maximum atomic E-state index is 10.7. The van der Waals surface area contributed by atoms with Crippen molar-refractivity contribution < 1.29 is 19.8 Å². The number of nitrogens with one attached hydrogen (secondary N) is 1. The lowest BCUT2D eigenvalue weighted by molar-refractivity contribution is -0.137. The van der Waals surface area contributed by atoms with Gasteiger partial charge in [-0.15, -0.1) is 0 Å². The predicted octanol–water partition coefficient (Wildman–Crippen LogP) is 2.44. The van der Waals surface area contributed by atoms with Gasteiger partial charge >= 0.3 is 11.9 Å². The number of anilines is 1. The van der Waals surface area contributed by atoms with Crippen LogP contribution in [-0.4, -0.2) is 28.7 Å². The number of aromatic carboxylic acids is 1. The second-order valence-corrected chi connectivity index (χ2v) is 4.02. The molecule has 0 fully saturated rings. The van der Waals surface area contributed by atoms with Gasteiger partial charge < -0.3 is 15.5 Å². The van der Waals surface area contributed by atoms with E-state index in [2.05, 4.69) is 5.32 Å². The van der Waals surface area contributed by atoms with Crippen LogP contribution in [0.5, 0.6) is 0 Å². The van der Waals surface area contributed by atoms with Gasteiger partial charge in [-0.05, 0) is 31.0 Å². The number of rotatable bonds is 8. The molecule has 0 aromatic heterocycles. The first-order valence-corrected chi connectivity index (χ1v) is 5.88. The van der Waals surface area contributed by atoms with E-state index in [9.17, 15) is 9.59 Å². The molecule has 0 aliphatic heterocycles. The van der Waals surface area contributed by atoms with Gasteiger partial charge in [-0.2, -0.15) is 0 Å². The molecule has 0 amide bonds.